The predicted octanol–water partition coefficient (Wildman–Crippen LogP) is 4.75. The van der Waals surface area contributed by atoms with Crippen molar-refractivity contribution in [3.63, 3.8) is 0 Å². The molecule has 0 aliphatic heterocycles. The molecule has 1 N–H and O–H groups in total. The second-order valence-corrected chi connectivity index (χ2v) is 10.9. The number of anilines is 1. The monoisotopic (exact) mass is 547 g/mol. The topological polar surface area (TPSA) is 86.8 Å². The maximum Gasteiger partial charge on any atom is 0.244 e. The lowest BCUT2D eigenvalue weighted by Crippen LogP contribution is -2.51. The molecule has 0 bridgehead atoms. The highest BCUT2D eigenvalue weighted by Crippen LogP contribution is 2.27. The van der Waals surface area contributed by atoms with Gasteiger partial charge in [-0.15, -0.1) is 0 Å². The number of nitrogens with one attached hydrogen (secondary N) is 1. The summed E-state index contributed by atoms with van der Waals surface area (Å²) in [4.78, 5) is 27.5. The number of hydrogen-bond donors (Lipinski definition) is 1. The van der Waals surface area contributed by atoms with Crippen LogP contribution in [0.5, 0.6) is 0 Å². The van der Waals surface area contributed by atoms with Crippen LogP contribution >= 0.6 is 34.8 Å². The number of carbonyl (C=O) groups excluding carboxylic acids is 2. The Bertz CT molecular complexity index is 1090. The summed E-state index contributed by atoms with van der Waals surface area (Å²) in [6, 6.07) is 10.1. The fourth-order valence-corrected chi connectivity index (χ4v) is 4.69. The van der Waals surface area contributed by atoms with Crippen molar-refractivity contribution < 1.29 is 18.0 Å². The molecule has 0 saturated heterocycles. The van der Waals surface area contributed by atoms with Crippen molar-refractivity contribution in [2.45, 2.75) is 39.3 Å². The zero-order valence-electron chi connectivity index (χ0n) is 19.2. The van der Waals surface area contributed by atoms with E-state index in [2.05, 4.69) is 5.32 Å². The van der Waals surface area contributed by atoms with Crippen LogP contribution in [-0.4, -0.2) is 50.5 Å². The van der Waals surface area contributed by atoms with Gasteiger partial charge in [0.2, 0.25) is 21.8 Å². The summed E-state index contributed by atoms with van der Waals surface area (Å²) >= 11 is 18.5. The smallest absolute Gasteiger partial charge is 0.244 e. The van der Waals surface area contributed by atoms with E-state index in [0.717, 1.165) is 23.4 Å². The molecule has 0 aliphatic carbocycles. The number of unbranched alkanes of at least 4 members (excludes halogenated alkanes) is 1. The largest absolute Gasteiger partial charge is 0.354 e. The van der Waals surface area contributed by atoms with E-state index >= 15 is 0 Å². The normalized spacial score (nSPS) is 12.2. The fourth-order valence-electron chi connectivity index (χ4n) is 3.19. The van der Waals surface area contributed by atoms with Gasteiger partial charge in [-0.25, -0.2) is 8.42 Å². The second-order valence-electron chi connectivity index (χ2n) is 7.79. The third kappa shape index (κ3) is 7.77. The minimum atomic E-state index is -3.82. The first-order chi connectivity index (χ1) is 16.0. The molecule has 0 heterocycles. The predicted molar refractivity (Wildman–Crippen MR) is 138 cm³/mol. The third-order valence-electron chi connectivity index (χ3n) is 5.18. The van der Waals surface area contributed by atoms with Gasteiger partial charge in [-0.2, -0.15) is 0 Å². The van der Waals surface area contributed by atoms with Crippen molar-refractivity contribution in [2.75, 3.05) is 23.7 Å². The van der Waals surface area contributed by atoms with E-state index in [4.69, 9.17) is 34.8 Å². The number of rotatable bonds is 11. The van der Waals surface area contributed by atoms with Gasteiger partial charge in [-0.05, 0) is 49.7 Å². The number of benzene rings is 2. The van der Waals surface area contributed by atoms with Gasteiger partial charge < -0.3 is 10.2 Å². The van der Waals surface area contributed by atoms with Crippen LogP contribution < -0.4 is 9.62 Å². The minimum Gasteiger partial charge on any atom is -0.354 e. The van der Waals surface area contributed by atoms with Crippen molar-refractivity contribution in [2.24, 2.45) is 0 Å². The molecule has 0 spiro atoms. The SMILES string of the molecule is CCCCNC(=O)[C@@H](C)N(Cc1c(Cl)cccc1Cl)C(=O)CN(c1ccc(Cl)cc1)S(C)(=O)=O. The Balaban J connectivity index is 2.39. The summed E-state index contributed by atoms with van der Waals surface area (Å²) in [6.45, 7) is 3.46. The van der Waals surface area contributed by atoms with Crippen LogP contribution in [0.1, 0.15) is 32.3 Å². The third-order valence-corrected chi connectivity index (χ3v) is 7.28. The highest BCUT2D eigenvalue weighted by molar-refractivity contribution is 7.92. The summed E-state index contributed by atoms with van der Waals surface area (Å²) in [7, 11) is -3.82. The van der Waals surface area contributed by atoms with Gasteiger partial charge in [0.1, 0.15) is 12.6 Å². The number of carbonyl (C=O) groups is 2. The minimum absolute atomic E-state index is 0.0715. The molecule has 0 saturated carbocycles. The van der Waals surface area contributed by atoms with Gasteiger partial charge in [0, 0.05) is 33.7 Å². The zero-order valence-corrected chi connectivity index (χ0v) is 22.3. The molecule has 1 atom stereocenters. The molecule has 2 aromatic rings. The Morgan fingerprint density at radius 1 is 1.03 bits per heavy atom. The molecule has 0 unspecified atom stereocenters. The number of amides is 2. The molecule has 2 amide bonds. The maximum atomic E-state index is 13.5. The second kappa shape index (κ2) is 12.6. The van der Waals surface area contributed by atoms with Crippen molar-refractivity contribution in [1.29, 1.82) is 0 Å². The number of hydrogen-bond acceptors (Lipinski definition) is 4. The summed E-state index contributed by atoms with van der Waals surface area (Å²) in [5, 5.41) is 3.91. The lowest BCUT2D eigenvalue weighted by molar-refractivity contribution is -0.139. The van der Waals surface area contributed by atoms with Crippen LogP contribution in [0.2, 0.25) is 15.1 Å². The van der Waals surface area contributed by atoms with Gasteiger partial charge in [-0.1, -0.05) is 54.2 Å². The molecular weight excluding hydrogens is 521 g/mol. The van der Waals surface area contributed by atoms with E-state index in [0.29, 0.717) is 27.2 Å². The Hall–Kier alpha value is -2.00. The van der Waals surface area contributed by atoms with Crippen LogP contribution in [0.4, 0.5) is 5.69 Å². The first kappa shape index (κ1) is 28.2. The highest BCUT2D eigenvalue weighted by Gasteiger charge is 2.30. The molecule has 0 aliphatic rings. The van der Waals surface area contributed by atoms with E-state index in [1.165, 1.54) is 29.2 Å². The summed E-state index contributed by atoms with van der Waals surface area (Å²) in [5.41, 5.74) is 0.737. The van der Waals surface area contributed by atoms with E-state index < -0.39 is 28.5 Å². The molecule has 7 nitrogen and oxygen atoms in total. The standard InChI is InChI=1S/C23H28Cl3N3O4S/c1-4-5-13-27-23(31)16(2)28(14-19-20(25)7-6-8-21(19)26)22(30)15-29(34(3,32)33)18-11-9-17(24)10-12-18/h6-12,16H,4-5,13-15H2,1-3H3,(H,27,31)/t16-/m1/s1. The first-order valence-corrected chi connectivity index (χ1v) is 13.7. The van der Waals surface area contributed by atoms with Gasteiger partial charge in [-0.3, -0.25) is 13.9 Å². The molecule has 0 aromatic heterocycles. The van der Waals surface area contributed by atoms with Gasteiger partial charge in [0.25, 0.3) is 0 Å². The number of nitrogens with zero attached hydrogens (tertiary/aromatic N) is 2. The van der Waals surface area contributed by atoms with Crippen molar-refractivity contribution in [3.8, 4) is 0 Å². The van der Waals surface area contributed by atoms with E-state index in [9.17, 15) is 18.0 Å². The molecule has 11 heteroatoms. The van der Waals surface area contributed by atoms with Gasteiger partial charge in [0.05, 0.1) is 11.9 Å². The summed E-state index contributed by atoms with van der Waals surface area (Å²) < 4.78 is 26.0. The number of halogens is 3. The molecule has 0 radical (unpaired) electrons. The molecule has 2 rings (SSSR count). The molecular formula is C23H28Cl3N3O4S. The molecule has 2 aromatic carbocycles. The van der Waals surface area contributed by atoms with Crippen LogP contribution in [0, 0.1) is 0 Å². The van der Waals surface area contributed by atoms with Crippen LogP contribution in [0.3, 0.4) is 0 Å². The first-order valence-electron chi connectivity index (χ1n) is 10.7. The molecule has 34 heavy (non-hydrogen) atoms. The maximum absolute atomic E-state index is 13.5. The van der Waals surface area contributed by atoms with Crippen LogP contribution in [0.25, 0.3) is 0 Å². The lowest BCUT2D eigenvalue weighted by Gasteiger charge is -2.32. The van der Waals surface area contributed by atoms with Crippen LogP contribution in [0.15, 0.2) is 42.5 Å². The van der Waals surface area contributed by atoms with Crippen LogP contribution in [-0.2, 0) is 26.2 Å². The van der Waals surface area contributed by atoms with E-state index in [1.807, 2.05) is 6.92 Å². The quantitative estimate of drug-likeness (QED) is 0.411. The molecule has 0 fully saturated rings. The average Bonchev–Trinajstić information content (AvgIpc) is 2.77. The highest BCUT2D eigenvalue weighted by atomic mass is 35.5. The Morgan fingerprint density at radius 3 is 2.15 bits per heavy atom. The van der Waals surface area contributed by atoms with Crippen molar-refractivity contribution >= 4 is 62.3 Å². The lowest BCUT2D eigenvalue weighted by atomic mass is 10.1. The molecule has 186 valence electrons. The van der Waals surface area contributed by atoms with E-state index in [1.54, 1.807) is 25.1 Å². The Kier molecular flexibility index (Phi) is 10.5. The Morgan fingerprint density at radius 2 is 1.62 bits per heavy atom. The summed E-state index contributed by atoms with van der Waals surface area (Å²) in [5.74, 6) is -0.947. The van der Waals surface area contributed by atoms with Crippen molar-refractivity contribution in [1.82, 2.24) is 10.2 Å². The fraction of sp³-hybridized carbons (Fsp3) is 0.391. The Labute approximate surface area is 216 Å². The number of sulfonamides is 1. The van der Waals surface area contributed by atoms with Gasteiger partial charge >= 0.3 is 0 Å². The average molecular weight is 549 g/mol. The summed E-state index contributed by atoms with van der Waals surface area (Å²) in [6.07, 6.45) is 2.70. The zero-order chi connectivity index (χ0) is 25.5. The van der Waals surface area contributed by atoms with Crippen molar-refractivity contribution in [3.05, 3.63) is 63.1 Å². The van der Waals surface area contributed by atoms with E-state index in [-0.39, 0.29) is 18.1 Å². The van der Waals surface area contributed by atoms with Gasteiger partial charge in [0.15, 0.2) is 0 Å².